The lowest BCUT2D eigenvalue weighted by Crippen LogP contribution is -2.43. The fourth-order valence-corrected chi connectivity index (χ4v) is 5.97. The third-order valence-electron chi connectivity index (χ3n) is 5.42. The minimum Gasteiger partial charge on any atom is -0.480 e. The SMILES string of the molecule is CCOC1=N[C@H](C(C)C)C(OCC)=N[C@H]1[C@@H](c1ccccc1)[C@@H](C)P(=O)(OCC)OCC. The van der Waals surface area contributed by atoms with Crippen LogP contribution in [0.3, 0.4) is 0 Å². The average molecular weight is 467 g/mol. The normalized spacial score (nSPS) is 21.0. The van der Waals surface area contributed by atoms with Gasteiger partial charge in [-0.1, -0.05) is 51.1 Å². The summed E-state index contributed by atoms with van der Waals surface area (Å²) in [5.41, 5.74) is 0.488. The smallest absolute Gasteiger partial charge is 0.334 e. The van der Waals surface area contributed by atoms with E-state index in [9.17, 15) is 4.57 Å². The van der Waals surface area contributed by atoms with Crippen molar-refractivity contribution in [3.63, 3.8) is 0 Å². The molecule has 0 unspecified atom stereocenters. The Morgan fingerprint density at radius 1 is 0.812 bits per heavy atom. The molecule has 1 heterocycles. The lowest BCUT2D eigenvalue weighted by molar-refractivity contribution is 0.207. The molecule has 0 saturated heterocycles. The largest absolute Gasteiger partial charge is 0.480 e. The molecular weight excluding hydrogens is 427 g/mol. The number of hydrogen-bond donors (Lipinski definition) is 0. The van der Waals surface area contributed by atoms with Crippen LogP contribution in [0.4, 0.5) is 0 Å². The summed E-state index contributed by atoms with van der Waals surface area (Å²) in [5.74, 6) is 0.984. The van der Waals surface area contributed by atoms with Gasteiger partial charge in [-0.05, 0) is 39.2 Å². The zero-order valence-electron chi connectivity index (χ0n) is 20.5. The Hall–Kier alpha value is -1.69. The molecule has 1 aliphatic heterocycles. The van der Waals surface area contributed by atoms with Crippen LogP contribution in [0.2, 0.25) is 0 Å². The lowest BCUT2D eigenvalue weighted by Gasteiger charge is -2.36. The van der Waals surface area contributed by atoms with Crippen molar-refractivity contribution in [2.24, 2.45) is 15.9 Å². The molecule has 2 rings (SSSR count). The van der Waals surface area contributed by atoms with E-state index in [2.05, 4.69) is 13.8 Å². The highest BCUT2D eigenvalue weighted by Gasteiger charge is 2.46. The number of rotatable bonds is 11. The van der Waals surface area contributed by atoms with Crippen LogP contribution < -0.4 is 0 Å². The number of nitrogens with zero attached hydrogens (tertiary/aromatic N) is 2. The van der Waals surface area contributed by atoms with Gasteiger partial charge >= 0.3 is 7.60 Å². The van der Waals surface area contributed by atoms with Crippen LogP contribution in [0, 0.1) is 5.92 Å². The molecule has 0 radical (unpaired) electrons. The highest BCUT2D eigenvalue weighted by molar-refractivity contribution is 7.54. The summed E-state index contributed by atoms with van der Waals surface area (Å²) >= 11 is 0. The molecule has 1 aliphatic rings. The quantitative estimate of drug-likeness (QED) is 0.391. The maximum atomic E-state index is 13.8. The number of benzene rings is 1. The zero-order valence-corrected chi connectivity index (χ0v) is 21.4. The molecule has 4 atom stereocenters. The first kappa shape index (κ1) is 26.6. The van der Waals surface area contributed by atoms with Gasteiger partial charge in [-0.3, -0.25) is 4.57 Å². The highest BCUT2D eigenvalue weighted by Crippen LogP contribution is 2.58. The van der Waals surface area contributed by atoms with Crippen molar-refractivity contribution in [3.05, 3.63) is 35.9 Å². The van der Waals surface area contributed by atoms with Crippen molar-refractivity contribution >= 4 is 19.4 Å². The molecule has 7 nitrogen and oxygen atoms in total. The Labute approximate surface area is 193 Å². The molecule has 0 fully saturated rings. The van der Waals surface area contributed by atoms with Gasteiger partial charge in [0.05, 0.1) is 32.1 Å². The van der Waals surface area contributed by atoms with Crippen molar-refractivity contribution in [1.82, 2.24) is 0 Å². The van der Waals surface area contributed by atoms with E-state index in [1.54, 1.807) is 0 Å². The summed E-state index contributed by atoms with van der Waals surface area (Å²) in [7, 11) is -3.43. The second kappa shape index (κ2) is 12.5. The first-order valence-electron chi connectivity index (χ1n) is 11.7. The first-order valence-corrected chi connectivity index (χ1v) is 13.3. The van der Waals surface area contributed by atoms with E-state index >= 15 is 0 Å². The van der Waals surface area contributed by atoms with Gasteiger partial charge in [0.1, 0.15) is 12.1 Å². The van der Waals surface area contributed by atoms with Crippen LogP contribution in [0.25, 0.3) is 0 Å². The Morgan fingerprint density at radius 3 is 1.78 bits per heavy atom. The molecule has 1 aromatic rings. The number of hydrogen-bond acceptors (Lipinski definition) is 7. The van der Waals surface area contributed by atoms with Crippen molar-refractivity contribution in [3.8, 4) is 0 Å². The zero-order chi connectivity index (χ0) is 23.7. The predicted octanol–water partition coefficient (Wildman–Crippen LogP) is 5.70. The van der Waals surface area contributed by atoms with E-state index in [-0.39, 0.29) is 17.9 Å². The molecule has 0 saturated carbocycles. The first-order chi connectivity index (χ1) is 15.3. The van der Waals surface area contributed by atoms with Gasteiger partial charge in [0, 0.05) is 5.92 Å². The van der Waals surface area contributed by atoms with Gasteiger partial charge in [0.15, 0.2) is 0 Å². The van der Waals surface area contributed by atoms with E-state index < -0.39 is 19.3 Å². The van der Waals surface area contributed by atoms with Crippen LogP contribution in [0.1, 0.15) is 59.9 Å². The molecular formula is C24H39N2O5P. The maximum absolute atomic E-state index is 13.8. The number of ether oxygens (including phenoxy) is 2. The van der Waals surface area contributed by atoms with Gasteiger partial charge < -0.3 is 18.5 Å². The van der Waals surface area contributed by atoms with Crippen molar-refractivity contribution in [1.29, 1.82) is 0 Å². The van der Waals surface area contributed by atoms with E-state index in [4.69, 9.17) is 28.5 Å². The minimum absolute atomic E-state index is 0.197. The van der Waals surface area contributed by atoms with Gasteiger partial charge in [0.25, 0.3) is 0 Å². The minimum atomic E-state index is -3.43. The maximum Gasteiger partial charge on any atom is 0.334 e. The topological polar surface area (TPSA) is 78.7 Å². The van der Waals surface area contributed by atoms with Crippen molar-refractivity contribution in [2.45, 2.75) is 72.1 Å². The van der Waals surface area contributed by atoms with Crippen LogP contribution in [-0.4, -0.2) is 56.0 Å². The van der Waals surface area contributed by atoms with E-state index in [0.717, 1.165) is 5.56 Å². The second-order valence-electron chi connectivity index (χ2n) is 7.99. The molecule has 0 N–H and O–H groups in total. The molecule has 8 heteroatoms. The van der Waals surface area contributed by atoms with Crippen LogP contribution in [0.15, 0.2) is 40.3 Å². The molecule has 0 spiro atoms. The van der Waals surface area contributed by atoms with E-state index in [1.807, 2.05) is 65.0 Å². The molecule has 32 heavy (non-hydrogen) atoms. The van der Waals surface area contributed by atoms with Gasteiger partial charge in [-0.25, -0.2) is 9.98 Å². The van der Waals surface area contributed by atoms with Crippen molar-refractivity contribution in [2.75, 3.05) is 26.4 Å². The fraction of sp³-hybridized carbons (Fsp3) is 0.667. The lowest BCUT2D eigenvalue weighted by atomic mass is 9.87. The van der Waals surface area contributed by atoms with Gasteiger partial charge in [-0.15, -0.1) is 0 Å². The Kier molecular flexibility index (Phi) is 10.4. The summed E-state index contributed by atoms with van der Waals surface area (Å²) in [6, 6.07) is 9.19. The number of aliphatic imine (C=N–C) groups is 2. The highest BCUT2D eigenvalue weighted by atomic mass is 31.2. The molecule has 0 bridgehead atoms. The Bertz CT molecular complexity index is 802. The third kappa shape index (κ3) is 6.21. The van der Waals surface area contributed by atoms with Crippen molar-refractivity contribution < 1.29 is 23.1 Å². The van der Waals surface area contributed by atoms with Crippen LogP contribution in [0.5, 0.6) is 0 Å². The third-order valence-corrected chi connectivity index (χ3v) is 7.97. The Balaban J connectivity index is 2.65. The molecule has 0 aromatic heterocycles. The predicted molar refractivity (Wildman–Crippen MR) is 130 cm³/mol. The molecule has 180 valence electrons. The van der Waals surface area contributed by atoms with Crippen LogP contribution >= 0.6 is 7.60 Å². The monoisotopic (exact) mass is 466 g/mol. The van der Waals surface area contributed by atoms with Crippen LogP contribution in [-0.2, 0) is 23.1 Å². The van der Waals surface area contributed by atoms with Gasteiger partial charge in [-0.2, -0.15) is 0 Å². The molecule has 0 aliphatic carbocycles. The molecule has 1 aromatic carbocycles. The molecule has 0 amide bonds. The van der Waals surface area contributed by atoms with E-state index in [0.29, 0.717) is 38.2 Å². The second-order valence-corrected chi connectivity index (χ2v) is 10.4. The summed E-state index contributed by atoms with van der Waals surface area (Å²) in [6.45, 7) is 15.1. The Morgan fingerprint density at radius 2 is 1.31 bits per heavy atom. The summed E-state index contributed by atoms with van der Waals surface area (Å²) in [4.78, 5) is 9.93. The van der Waals surface area contributed by atoms with E-state index in [1.165, 1.54) is 0 Å². The van der Waals surface area contributed by atoms with Gasteiger partial charge in [0.2, 0.25) is 11.8 Å². The summed E-state index contributed by atoms with van der Waals surface area (Å²) < 4.78 is 37.2. The summed E-state index contributed by atoms with van der Waals surface area (Å²) in [5, 5.41) is 0. The average Bonchev–Trinajstić information content (AvgIpc) is 2.76. The standard InChI is InChI=1S/C24H39N2O5P/c1-8-28-23-21(17(5)6)25-24(29-9-2)22(26-23)20(19-15-13-12-14-16-19)18(7)32(27,30-10-3)31-11-4/h12-18,20-22H,8-11H2,1-7H3/t18-,20-,21-,22+/m1/s1. The summed E-state index contributed by atoms with van der Waals surface area (Å²) in [6.07, 6.45) is 0. The fourth-order valence-electron chi connectivity index (χ4n) is 3.98.